The summed E-state index contributed by atoms with van der Waals surface area (Å²) >= 11 is 0. The second-order valence-corrected chi connectivity index (χ2v) is 7.40. The zero-order chi connectivity index (χ0) is 22.2. The van der Waals surface area contributed by atoms with E-state index in [9.17, 15) is 23.1 Å². The topological polar surface area (TPSA) is 79.5 Å². The molecule has 158 valence electrons. The Morgan fingerprint density at radius 1 is 1.23 bits per heavy atom. The van der Waals surface area contributed by atoms with E-state index < -0.39 is 23.7 Å². The van der Waals surface area contributed by atoms with Gasteiger partial charge in [-0.3, -0.25) is 4.79 Å². The maximum Gasteiger partial charge on any atom is 0.433 e. The van der Waals surface area contributed by atoms with Gasteiger partial charge in [-0.05, 0) is 61.9 Å². The van der Waals surface area contributed by atoms with Crippen LogP contribution in [-0.4, -0.2) is 32.2 Å². The average molecular weight is 419 g/mol. The maximum absolute atomic E-state index is 12.8. The van der Waals surface area contributed by atoms with Crippen LogP contribution >= 0.6 is 0 Å². The smallest absolute Gasteiger partial charge is 0.396 e. The molecule has 0 aromatic carbocycles. The van der Waals surface area contributed by atoms with Gasteiger partial charge >= 0.3 is 6.18 Å². The molecule has 1 aliphatic rings. The molecule has 0 unspecified atom stereocenters. The summed E-state index contributed by atoms with van der Waals surface area (Å²) in [6, 6.07) is 8.16. The molecule has 4 rings (SSSR count). The van der Waals surface area contributed by atoms with Crippen molar-refractivity contribution in [3.63, 3.8) is 0 Å². The van der Waals surface area contributed by atoms with Crippen LogP contribution in [0.5, 0.6) is 0 Å². The average Bonchev–Trinajstić information content (AvgIpc) is 3.18. The summed E-state index contributed by atoms with van der Waals surface area (Å²) < 4.78 is 48.9. The van der Waals surface area contributed by atoms with Gasteiger partial charge in [-0.15, -0.1) is 0 Å². The number of aliphatic hydroxyl groups excluding tert-OH is 1. The number of rotatable bonds is 4. The number of halogens is 3. The quantitative estimate of drug-likeness (QED) is 0.662. The predicted octanol–water partition coefficient (Wildman–Crippen LogP) is 4.27. The van der Waals surface area contributed by atoms with Crippen LogP contribution in [0.25, 0.3) is 5.52 Å². The standard InChI is InChI=1S/C21H21F3N4O2/c22-21(23,24)19-3-1-2-17(26-19)20(30)25-15-8-9-28-16(10-15)11-18(27-28)14-6-4-13(12-29)5-7-14/h1-3,8-11,13-14,29H,4-7,12H2,(H,25,30)/i14D. The highest BCUT2D eigenvalue weighted by molar-refractivity contribution is 6.03. The van der Waals surface area contributed by atoms with E-state index in [0.29, 0.717) is 29.7 Å². The van der Waals surface area contributed by atoms with Crippen molar-refractivity contribution in [3.05, 3.63) is 59.7 Å². The van der Waals surface area contributed by atoms with E-state index in [1.54, 1.807) is 28.9 Å². The number of aliphatic hydroxyl groups is 1. The molecule has 0 saturated heterocycles. The van der Waals surface area contributed by atoms with Crippen LogP contribution in [0.15, 0.2) is 42.6 Å². The zero-order valence-corrected chi connectivity index (χ0v) is 16.0. The minimum Gasteiger partial charge on any atom is -0.396 e. The molecule has 1 aliphatic carbocycles. The molecule has 1 fully saturated rings. The normalized spacial score (nSPS) is 22.7. The van der Waals surface area contributed by atoms with Crippen LogP contribution in [0, 0.1) is 5.92 Å². The fourth-order valence-electron chi connectivity index (χ4n) is 3.62. The summed E-state index contributed by atoms with van der Waals surface area (Å²) in [6.45, 7) is 0.130. The third-order valence-corrected chi connectivity index (χ3v) is 5.32. The number of nitrogens with one attached hydrogen (secondary N) is 1. The number of fused-ring (bicyclic) bond motifs is 1. The Labute approximate surface area is 172 Å². The van der Waals surface area contributed by atoms with E-state index in [1.165, 1.54) is 6.07 Å². The lowest BCUT2D eigenvalue weighted by molar-refractivity contribution is -0.141. The number of hydrogen-bond donors (Lipinski definition) is 2. The summed E-state index contributed by atoms with van der Waals surface area (Å²) in [5, 5.41) is 16.4. The van der Waals surface area contributed by atoms with Gasteiger partial charge in [0.05, 0.1) is 11.2 Å². The van der Waals surface area contributed by atoms with Gasteiger partial charge in [0.1, 0.15) is 11.4 Å². The Bertz CT molecular complexity index is 1110. The first kappa shape index (κ1) is 19.0. The molecule has 0 spiro atoms. The lowest BCUT2D eigenvalue weighted by Gasteiger charge is -2.25. The SMILES string of the molecule is [2H]C1(c2cc3cc(NC(=O)c4cccc(C(F)(F)F)n4)ccn3n2)CCC(CO)CC1. The van der Waals surface area contributed by atoms with Crippen LogP contribution in [0.1, 0.15) is 54.8 Å². The maximum atomic E-state index is 12.8. The number of hydrogen-bond acceptors (Lipinski definition) is 4. The molecule has 3 aromatic rings. The molecule has 0 radical (unpaired) electrons. The van der Waals surface area contributed by atoms with Gasteiger partial charge in [-0.1, -0.05) is 6.07 Å². The Balaban J connectivity index is 1.53. The van der Waals surface area contributed by atoms with Crippen molar-refractivity contribution in [2.24, 2.45) is 5.92 Å². The molecule has 0 atom stereocenters. The van der Waals surface area contributed by atoms with Gasteiger partial charge in [-0.25, -0.2) is 9.50 Å². The Morgan fingerprint density at radius 3 is 2.70 bits per heavy atom. The minimum atomic E-state index is -4.63. The second-order valence-electron chi connectivity index (χ2n) is 7.40. The van der Waals surface area contributed by atoms with E-state index >= 15 is 0 Å². The van der Waals surface area contributed by atoms with Crippen LogP contribution in [0.3, 0.4) is 0 Å². The van der Waals surface area contributed by atoms with Gasteiger partial charge in [0.15, 0.2) is 0 Å². The predicted molar refractivity (Wildman–Crippen MR) is 104 cm³/mol. The number of aromatic nitrogens is 3. The minimum absolute atomic E-state index is 0.130. The third kappa shape index (κ3) is 4.30. The highest BCUT2D eigenvalue weighted by atomic mass is 19.4. The molecule has 1 saturated carbocycles. The molecule has 1 amide bonds. The van der Waals surface area contributed by atoms with Crippen LogP contribution in [0.2, 0.25) is 0 Å². The molecule has 3 heterocycles. The van der Waals surface area contributed by atoms with Crippen LogP contribution < -0.4 is 5.32 Å². The first-order valence-corrected chi connectivity index (χ1v) is 9.64. The van der Waals surface area contributed by atoms with Crippen molar-refractivity contribution in [3.8, 4) is 0 Å². The molecular weight excluding hydrogens is 397 g/mol. The van der Waals surface area contributed by atoms with E-state index in [2.05, 4.69) is 15.4 Å². The molecule has 2 N–H and O–H groups in total. The highest BCUT2D eigenvalue weighted by Crippen LogP contribution is 2.35. The summed E-state index contributed by atoms with van der Waals surface area (Å²) in [4.78, 5) is 15.8. The number of carbonyl (C=O) groups excluding carboxylic acids is 1. The van der Waals surface area contributed by atoms with Gasteiger partial charge in [0.25, 0.3) is 5.91 Å². The molecular formula is C21H21F3N4O2. The fraction of sp³-hybridized carbons (Fsp3) is 0.381. The number of amides is 1. The zero-order valence-electron chi connectivity index (χ0n) is 17.0. The van der Waals surface area contributed by atoms with Gasteiger partial charge in [0, 0.05) is 25.8 Å². The van der Waals surface area contributed by atoms with Gasteiger partial charge < -0.3 is 10.4 Å². The Hall–Kier alpha value is -2.94. The molecule has 30 heavy (non-hydrogen) atoms. The van der Waals surface area contributed by atoms with Crippen LogP contribution in [-0.2, 0) is 6.18 Å². The van der Waals surface area contributed by atoms with Crippen molar-refractivity contribution < 1.29 is 24.4 Å². The van der Waals surface area contributed by atoms with E-state index in [-0.39, 0.29) is 18.2 Å². The lowest BCUT2D eigenvalue weighted by Crippen LogP contribution is -2.17. The molecule has 9 heteroatoms. The summed E-state index contributed by atoms with van der Waals surface area (Å²) in [7, 11) is 0. The van der Waals surface area contributed by atoms with Gasteiger partial charge in [0.2, 0.25) is 0 Å². The summed E-state index contributed by atoms with van der Waals surface area (Å²) in [5.74, 6) is -1.36. The lowest BCUT2D eigenvalue weighted by atomic mass is 9.81. The number of pyridine rings is 2. The molecule has 6 nitrogen and oxygen atoms in total. The van der Waals surface area contributed by atoms with E-state index in [0.717, 1.165) is 25.0 Å². The van der Waals surface area contributed by atoms with Crippen LogP contribution in [0.4, 0.5) is 18.9 Å². The first-order valence-electron chi connectivity index (χ1n) is 10.1. The number of alkyl halides is 3. The third-order valence-electron chi connectivity index (χ3n) is 5.32. The van der Waals surface area contributed by atoms with Crippen molar-refractivity contribution in [1.82, 2.24) is 14.6 Å². The molecule has 3 aromatic heterocycles. The van der Waals surface area contributed by atoms with E-state index in [4.69, 9.17) is 1.37 Å². The summed E-state index contributed by atoms with van der Waals surface area (Å²) in [6.07, 6.45) is -0.277. The Kier molecular flexibility index (Phi) is 5.12. The largest absolute Gasteiger partial charge is 0.433 e. The Morgan fingerprint density at radius 2 is 2.00 bits per heavy atom. The monoisotopic (exact) mass is 419 g/mol. The molecule has 0 bridgehead atoms. The first-order chi connectivity index (χ1) is 14.7. The van der Waals surface area contributed by atoms with Crippen molar-refractivity contribution in [1.29, 1.82) is 0 Å². The molecule has 0 aliphatic heterocycles. The van der Waals surface area contributed by atoms with Crippen molar-refractivity contribution in [2.75, 3.05) is 11.9 Å². The van der Waals surface area contributed by atoms with E-state index in [1.807, 2.05) is 0 Å². The van der Waals surface area contributed by atoms with Gasteiger partial charge in [-0.2, -0.15) is 18.3 Å². The number of carbonyl (C=O) groups is 1. The number of nitrogens with zero attached hydrogens (tertiary/aromatic N) is 3. The fourth-order valence-corrected chi connectivity index (χ4v) is 3.62. The summed E-state index contributed by atoms with van der Waals surface area (Å²) in [5.41, 5.74) is 0.182. The highest BCUT2D eigenvalue weighted by Gasteiger charge is 2.33. The second kappa shape index (κ2) is 8.06. The van der Waals surface area contributed by atoms with Crippen molar-refractivity contribution in [2.45, 2.75) is 37.8 Å². The number of anilines is 1. The van der Waals surface area contributed by atoms with Crippen molar-refractivity contribution >= 4 is 17.1 Å².